The molecule has 0 aliphatic carbocycles. The van der Waals surface area contributed by atoms with E-state index in [1.165, 1.54) is 28.3 Å². The quantitative estimate of drug-likeness (QED) is 0.282. The van der Waals surface area contributed by atoms with Crippen LogP contribution in [0.1, 0.15) is 61.0 Å². The van der Waals surface area contributed by atoms with Gasteiger partial charge < -0.3 is 10.0 Å². The molecule has 3 aromatic rings. The number of benzene rings is 2. The minimum absolute atomic E-state index is 0.126. The van der Waals surface area contributed by atoms with E-state index >= 15 is 0 Å². The maximum absolute atomic E-state index is 14.2. The molecule has 43 heavy (non-hydrogen) atoms. The number of piperidine rings is 1. The van der Waals surface area contributed by atoms with Gasteiger partial charge in [0.2, 0.25) is 0 Å². The first-order chi connectivity index (χ1) is 20.5. The normalized spacial score (nSPS) is 22.1. The first kappa shape index (κ1) is 31.2. The highest BCUT2D eigenvalue weighted by Gasteiger charge is 2.50. The molecule has 232 valence electrons. The van der Waals surface area contributed by atoms with E-state index in [0.29, 0.717) is 18.0 Å². The van der Waals surface area contributed by atoms with Gasteiger partial charge in [-0.1, -0.05) is 49.4 Å². The van der Waals surface area contributed by atoms with Gasteiger partial charge in [0.25, 0.3) is 0 Å². The highest BCUT2D eigenvalue weighted by atomic mass is 19.4. The minimum atomic E-state index is -4.64. The van der Waals surface area contributed by atoms with Crippen molar-refractivity contribution < 1.29 is 27.5 Å². The molecule has 3 heterocycles. The molecule has 0 bridgehead atoms. The number of aromatic nitrogens is 2. The average Bonchev–Trinajstić information content (AvgIpc) is 3.57. The Bertz CT molecular complexity index is 1370. The second kappa shape index (κ2) is 13.2. The van der Waals surface area contributed by atoms with Gasteiger partial charge in [-0.15, -0.1) is 0 Å². The Morgan fingerprint density at radius 3 is 2.40 bits per heavy atom. The molecule has 0 amide bonds. The van der Waals surface area contributed by atoms with Crippen LogP contribution in [0.3, 0.4) is 0 Å². The monoisotopic (exact) mass is 600 g/mol. The number of carbonyl (C=O) groups is 1. The molecule has 1 aromatic heterocycles. The average molecular weight is 601 g/mol. The first-order valence-corrected chi connectivity index (χ1v) is 15.2. The predicted octanol–water partition coefficient (Wildman–Crippen LogP) is 6.18. The Balaban J connectivity index is 1.28. The lowest BCUT2D eigenvalue weighted by atomic mass is 9.87. The van der Waals surface area contributed by atoms with Crippen LogP contribution in [0.4, 0.5) is 17.6 Å². The summed E-state index contributed by atoms with van der Waals surface area (Å²) in [5.41, 5.74) is 4.21. The van der Waals surface area contributed by atoms with Crippen LogP contribution in [-0.4, -0.2) is 75.6 Å². The molecule has 5 rings (SSSR count). The van der Waals surface area contributed by atoms with E-state index in [4.69, 9.17) is 5.10 Å². The van der Waals surface area contributed by atoms with Crippen molar-refractivity contribution in [3.8, 4) is 0 Å². The van der Waals surface area contributed by atoms with Gasteiger partial charge in [-0.2, -0.15) is 18.3 Å². The summed E-state index contributed by atoms with van der Waals surface area (Å²) >= 11 is 0. The number of aryl methyl sites for hydroxylation is 1. The van der Waals surface area contributed by atoms with E-state index in [-0.39, 0.29) is 24.9 Å². The summed E-state index contributed by atoms with van der Waals surface area (Å²) in [4.78, 5) is 15.9. The fourth-order valence-corrected chi connectivity index (χ4v) is 7.00. The smallest absolute Gasteiger partial charge is 0.393 e. The zero-order valence-electron chi connectivity index (χ0n) is 24.7. The molecule has 2 saturated heterocycles. The summed E-state index contributed by atoms with van der Waals surface area (Å²) in [6.07, 6.45) is -1.99. The Kier molecular flexibility index (Phi) is 9.56. The molecule has 0 spiro atoms. The number of carboxylic acid groups (broad SMARTS) is 1. The lowest BCUT2D eigenvalue weighted by Crippen LogP contribution is -2.49. The fraction of sp³-hybridized carbons (Fsp3) is 0.515. The van der Waals surface area contributed by atoms with Crippen molar-refractivity contribution in [3.63, 3.8) is 0 Å². The van der Waals surface area contributed by atoms with Crippen LogP contribution in [0.5, 0.6) is 0 Å². The van der Waals surface area contributed by atoms with E-state index < -0.39 is 29.9 Å². The van der Waals surface area contributed by atoms with E-state index in [9.17, 15) is 27.5 Å². The summed E-state index contributed by atoms with van der Waals surface area (Å²) in [6, 6.07) is 17.0. The highest BCUT2D eigenvalue weighted by Crippen LogP contribution is 2.40. The third-order valence-electron chi connectivity index (χ3n) is 9.27. The van der Waals surface area contributed by atoms with Crippen molar-refractivity contribution in [3.05, 3.63) is 89.0 Å². The van der Waals surface area contributed by atoms with E-state index in [1.54, 1.807) is 12.1 Å². The molecule has 6 nitrogen and oxygen atoms in total. The molecule has 1 N–H and O–H groups in total. The second-order valence-electron chi connectivity index (χ2n) is 12.1. The van der Waals surface area contributed by atoms with Gasteiger partial charge in [0, 0.05) is 50.1 Å². The highest BCUT2D eigenvalue weighted by molar-refractivity contribution is 5.74. The lowest BCUT2D eigenvalue weighted by Gasteiger charge is -2.35. The molecule has 10 heteroatoms. The summed E-state index contributed by atoms with van der Waals surface area (Å²) < 4.78 is 57.2. The number of carboxylic acids is 1. The molecule has 2 aliphatic heterocycles. The molecule has 2 aromatic carbocycles. The van der Waals surface area contributed by atoms with Gasteiger partial charge in [0.1, 0.15) is 11.9 Å². The van der Waals surface area contributed by atoms with Crippen molar-refractivity contribution in [2.24, 2.45) is 11.8 Å². The number of halogens is 4. The van der Waals surface area contributed by atoms with Crippen LogP contribution in [0.2, 0.25) is 0 Å². The second-order valence-corrected chi connectivity index (χ2v) is 12.1. The number of hydrogen-bond donors (Lipinski definition) is 1. The van der Waals surface area contributed by atoms with Crippen molar-refractivity contribution >= 4 is 5.97 Å². The number of nitrogens with zero attached hydrogens (tertiary/aromatic N) is 4. The molecular formula is C33H40F4N4O2. The first-order valence-electron chi connectivity index (χ1n) is 15.2. The van der Waals surface area contributed by atoms with E-state index in [2.05, 4.69) is 34.7 Å². The van der Waals surface area contributed by atoms with Crippen molar-refractivity contribution in [1.29, 1.82) is 0 Å². The minimum Gasteiger partial charge on any atom is -0.480 e. The zero-order valence-corrected chi connectivity index (χ0v) is 24.7. The number of alkyl halides is 3. The van der Waals surface area contributed by atoms with Gasteiger partial charge in [-0.3, -0.25) is 14.4 Å². The predicted molar refractivity (Wildman–Crippen MR) is 156 cm³/mol. The maximum Gasteiger partial charge on any atom is 0.393 e. The van der Waals surface area contributed by atoms with Gasteiger partial charge in [0.15, 0.2) is 0 Å². The molecule has 2 unspecified atom stereocenters. The van der Waals surface area contributed by atoms with Crippen molar-refractivity contribution in [2.75, 3.05) is 32.7 Å². The zero-order chi connectivity index (χ0) is 30.7. The van der Waals surface area contributed by atoms with Crippen LogP contribution >= 0.6 is 0 Å². The Hall–Kier alpha value is -3.24. The van der Waals surface area contributed by atoms with Crippen molar-refractivity contribution in [2.45, 2.75) is 63.7 Å². The van der Waals surface area contributed by atoms with Crippen molar-refractivity contribution in [1.82, 2.24) is 19.6 Å². The molecule has 2 fully saturated rings. The standard InChI is InChI=1S/C33H40F4N4O2/c1-3-41-30(18-28(38-41)16-23-8-5-4-6-9-23)24-12-14-39(15-13-24)19-26-20-40(31(32(42)43)22(2)33(35,36)37)21-29(26)25-10-7-11-27(34)17-25/h4-11,17-18,22,24,26,29,31H,3,12-16,19-21H2,1-2H3,(H,42,43)/t22?,26-,29+,31?/m0/s1. The molecule has 4 atom stereocenters. The van der Waals surface area contributed by atoms with Gasteiger partial charge >= 0.3 is 12.1 Å². The van der Waals surface area contributed by atoms with Crippen LogP contribution < -0.4 is 0 Å². The van der Waals surface area contributed by atoms with Crippen LogP contribution in [-0.2, 0) is 17.8 Å². The Morgan fingerprint density at radius 2 is 1.77 bits per heavy atom. The Labute approximate surface area is 250 Å². The number of rotatable bonds is 10. The molecule has 0 radical (unpaired) electrons. The van der Waals surface area contributed by atoms with Gasteiger partial charge in [-0.25, -0.2) is 4.39 Å². The third-order valence-corrected chi connectivity index (χ3v) is 9.27. The number of hydrogen-bond acceptors (Lipinski definition) is 4. The summed E-state index contributed by atoms with van der Waals surface area (Å²) in [5, 5.41) is 14.7. The Morgan fingerprint density at radius 1 is 1.05 bits per heavy atom. The maximum atomic E-state index is 14.2. The molecule has 0 saturated carbocycles. The SMILES string of the molecule is CCn1nc(Cc2ccccc2)cc1C1CCN(C[C@H]2CN(C(C(=O)O)C(C)C(F)(F)F)C[C@@H]2c2cccc(F)c2)CC1. The van der Waals surface area contributed by atoms with Crippen LogP contribution in [0.25, 0.3) is 0 Å². The molecular weight excluding hydrogens is 560 g/mol. The van der Waals surface area contributed by atoms with Crippen LogP contribution in [0.15, 0.2) is 60.7 Å². The largest absolute Gasteiger partial charge is 0.480 e. The fourth-order valence-electron chi connectivity index (χ4n) is 7.00. The number of likely N-dealkylation sites (tertiary alicyclic amines) is 2. The summed E-state index contributed by atoms with van der Waals surface area (Å²) in [5.74, 6) is -3.95. The van der Waals surface area contributed by atoms with E-state index in [0.717, 1.165) is 51.5 Å². The topological polar surface area (TPSA) is 61.6 Å². The van der Waals surface area contributed by atoms with Gasteiger partial charge in [0.05, 0.1) is 11.6 Å². The third kappa shape index (κ3) is 7.29. The van der Waals surface area contributed by atoms with E-state index in [1.807, 2.05) is 18.2 Å². The summed E-state index contributed by atoms with van der Waals surface area (Å²) in [6.45, 7) is 6.43. The number of aliphatic carboxylic acids is 1. The van der Waals surface area contributed by atoms with Crippen LogP contribution in [0, 0.1) is 17.7 Å². The lowest BCUT2D eigenvalue weighted by molar-refractivity contribution is -0.194. The summed E-state index contributed by atoms with van der Waals surface area (Å²) in [7, 11) is 0. The molecule has 2 aliphatic rings. The van der Waals surface area contributed by atoms with Gasteiger partial charge in [-0.05, 0) is 68.1 Å².